The lowest BCUT2D eigenvalue weighted by atomic mass is 10.2. The van der Waals surface area contributed by atoms with Crippen molar-refractivity contribution in [2.45, 2.75) is 19.9 Å². The van der Waals surface area contributed by atoms with E-state index < -0.39 is 11.6 Å². The molecule has 1 N–H and O–H groups in total. The van der Waals surface area contributed by atoms with Crippen molar-refractivity contribution in [2.75, 3.05) is 23.8 Å². The van der Waals surface area contributed by atoms with E-state index in [1.54, 1.807) is 23.1 Å². The average Bonchev–Trinajstić information content (AvgIpc) is 3.11. The van der Waals surface area contributed by atoms with Crippen molar-refractivity contribution in [1.29, 1.82) is 0 Å². The van der Waals surface area contributed by atoms with E-state index in [1.807, 2.05) is 31.0 Å². The first-order valence-electron chi connectivity index (χ1n) is 8.88. The van der Waals surface area contributed by atoms with E-state index in [4.69, 9.17) is 0 Å². The largest absolute Gasteiger partial charge is 0.360 e. The van der Waals surface area contributed by atoms with Crippen LogP contribution in [0.4, 0.5) is 20.4 Å². The molecule has 1 aromatic carbocycles. The fourth-order valence-corrected chi connectivity index (χ4v) is 2.62. The number of nitrogens with one attached hydrogen (secondary N) is 1. The van der Waals surface area contributed by atoms with E-state index in [1.165, 1.54) is 6.07 Å². The number of pyridine rings is 1. The number of benzene rings is 1. The Kier molecular flexibility index (Phi) is 5.98. The molecule has 0 aliphatic heterocycles. The standard InChI is InChI=1S/C20H21F2N5O/c1-3-26(2)19-7-5-14(12-23-19)11-20(28)24-18-8-9-27(25-18)13-15-4-6-16(21)17(22)10-15/h4-10,12H,3,11,13H2,1-2H3,(H,24,25,28). The van der Waals surface area contributed by atoms with E-state index in [2.05, 4.69) is 15.4 Å². The van der Waals surface area contributed by atoms with Gasteiger partial charge in [0.05, 0.1) is 13.0 Å². The van der Waals surface area contributed by atoms with Gasteiger partial charge in [-0.15, -0.1) is 0 Å². The molecule has 0 atom stereocenters. The average molecular weight is 385 g/mol. The van der Waals surface area contributed by atoms with Crippen molar-refractivity contribution in [3.05, 3.63) is 71.6 Å². The highest BCUT2D eigenvalue weighted by Gasteiger charge is 2.09. The van der Waals surface area contributed by atoms with Gasteiger partial charge >= 0.3 is 0 Å². The second-order valence-corrected chi connectivity index (χ2v) is 6.41. The molecule has 3 rings (SSSR count). The summed E-state index contributed by atoms with van der Waals surface area (Å²) in [6.07, 6.45) is 3.52. The molecule has 0 saturated heterocycles. The number of rotatable bonds is 7. The molecule has 0 unspecified atom stereocenters. The van der Waals surface area contributed by atoms with Crippen molar-refractivity contribution < 1.29 is 13.6 Å². The predicted octanol–water partition coefficient (Wildman–Crippen LogP) is 3.24. The number of halogens is 2. The molecule has 8 heteroatoms. The van der Waals surface area contributed by atoms with Gasteiger partial charge < -0.3 is 10.2 Å². The lowest BCUT2D eigenvalue weighted by molar-refractivity contribution is -0.115. The zero-order chi connectivity index (χ0) is 20.1. The van der Waals surface area contributed by atoms with Crippen LogP contribution >= 0.6 is 0 Å². The highest BCUT2D eigenvalue weighted by Crippen LogP contribution is 2.12. The zero-order valence-electron chi connectivity index (χ0n) is 15.7. The summed E-state index contributed by atoms with van der Waals surface area (Å²) in [5.41, 5.74) is 1.37. The maximum atomic E-state index is 13.3. The Morgan fingerprint density at radius 2 is 1.93 bits per heavy atom. The molecule has 6 nitrogen and oxygen atoms in total. The van der Waals surface area contributed by atoms with Gasteiger partial charge in [-0.1, -0.05) is 12.1 Å². The number of hydrogen-bond donors (Lipinski definition) is 1. The molecular formula is C20H21F2N5O. The van der Waals surface area contributed by atoms with E-state index in [-0.39, 0.29) is 18.9 Å². The van der Waals surface area contributed by atoms with Crippen LogP contribution in [0.5, 0.6) is 0 Å². The highest BCUT2D eigenvalue weighted by atomic mass is 19.2. The smallest absolute Gasteiger partial charge is 0.230 e. The normalized spacial score (nSPS) is 10.7. The van der Waals surface area contributed by atoms with Gasteiger partial charge in [0.1, 0.15) is 5.82 Å². The van der Waals surface area contributed by atoms with Gasteiger partial charge in [0.15, 0.2) is 17.5 Å². The molecule has 0 saturated carbocycles. The number of nitrogens with zero attached hydrogens (tertiary/aromatic N) is 4. The SMILES string of the molecule is CCN(C)c1ccc(CC(=O)Nc2ccn(Cc3ccc(F)c(F)c3)n2)cn1. The fourth-order valence-electron chi connectivity index (χ4n) is 2.62. The summed E-state index contributed by atoms with van der Waals surface area (Å²) >= 11 is 0. The summed E-state index contributed by atoms with van der Waals surface area (Å²) < 4.78 is 27.8. The van der Waals surface area contributed by atoms with Crippen LogP contribution in [0.1, 0.15) is 18.1 Å². The molecule has 2 heterocycles. The van der Waals surface area contributed by atoms with Crippen LogP contribution in [0, 0.1) is 11.6 Å². The predicted molar refractivity (Wildman–Crippen MR) is 103 cm³/mol. The van der Waals surface area contributed by atoms with Crippen molar-refractivity contribution in [1.82, 2.24) is 14.8 Å². The first-order valence-corrected chi connectivity index (χ1v) is 8.88. The Labute approximate surface area is 161 Å². The number of amides is 1. The first-order chi connectivity index (χ1) is 13.4. The number of hydrogen-bond acceptors (Lipinski definition) is 4. The number of carbonyl (C=O) groups excluding carboxylic acids is 1. The van der Waals surface area contributed by atoms with Crippen LogP contribution in [0.2, 0.25) is 0 Å². The maximum absolute atomic E-state index is 13.3. The van der Waals surface area contributed by atoms with Gasteiger partial charge in [0, 0.05) is 32.1 Å². The third kappa shape index (κ3) is 4.91. The van der Waals surface area contributed by atoms with E-state index >= 15 is 0 Å². The van der Waals surface area contributed by atoms with Gasteiger partial charge in [0.2, 0.25) is 5.91 Å². The van der Waals surface area contributed by atoms with Crippen LogP contribution in [0.25, 0.3) is 0 Å². The van der Waals surface area contributed by atoms with Gasteiger partial charge in [-0.3, -0.25) is 9.48 Å². The summed E-state index contributed by atoms with van der Waals surface area (Å²) in [7, 11) is 1.95. The van der Waals surface area contributed by atoms with Crippen LogP contribution in [0.3, 0.4) is 0 Å². The van der Waals surface area contributed by atoms with Gasteiger partial charge in [0.25, 0.3) is 0 Å². The molecular weight excluding hydrogens is 364 g/mol. The number of anilines is 2. The lowest BCUT2D eigenvalue weighted by Gasteiger charge is -2.15. The topological polar surface area (TPSA) is 63.1 Å². The Bertz CT molecular complexity index is 955. The molecule has 28 heavy (non-hydrogen) atoms. The van der Waals surface area contributed by atoms with Crippen molar-refractivity contribution in [3.8, 4) is 0 Å². The second kappa shape index (κ2) is 8.60. The molecule has 0 fully saturated rings. The minimum atomic E-state index is -0.900. The summed E-state index contributed by atoms with van der Waals surface area (Å²) in [5, 5.41) is 6.96. The number of carbonyl (C=O) groups is 1. The summed E-state index contributed by atoms with van der Waals surface area (Å²) in [6.45, 7) is 3.15. The van der Waals surface area contributed by atoms with Crippen molar-refractivity contribution in [2.24, 2.45) is 0 Å². The molecule has 0 aliphatic carbocycles. The maximum Gasteiger partial charge on any atom is 0.230 e. The minimum absolute atomic E-state index is 0.180. The Hall–Kier alpha value is -3.29. The molecule has 146 valence electrons. The second-order valence-electron chi connectivity index (χ2n) is 6.41. The van der Waals surface area contributed by atoms with Crippen LogP contribution in [0.15, 0.2) is 48.8 Å². The fraction of sp³-hybridized carbons (Fsp3) is 0.250. The van der Waals surface area contributed by atoms with Crippen LogP contribution in [-0.2, 0) is 17.8 Å². The van der Waals surface area contributed by atoms with Crippen molar-refractivity contribution >= 4 is 17.5 Å². The quantitative estimate of drug-likeness (QED) is 0.678. The van der Waals surface area contributed by atoms with Gasteiger partial charge in [-0.2, -0.15) is 5.10 Å². The van der Waals surface area contributed by atoms with E-state index in [9.17, 15) is 13.6 Å². The Balaban J connectivity index is 1.57. The Morgan fingerprint density at radius 3 is 2.61 bits per heavy atom. The van der Waals surface area contributed by atoms with E-state index in [0.29, 0.717) is 11.4 Å². The molecule has 0 spiro atoms. The summed E-state index contributed by atoms with van der Waals surface area (Å²) in [4.78, 5) is 18.6. The zero-order valence-corrected chi connectivity index (χ0v) is 15.7. The highest BCUT2D eigenvalue weighted by molar-refractivity contribution is 5.91. The molecule has 0 radical (unpaired) electrons. The van der Waals surface area contributed by atoms with Crippen LogP contribution < -0.4 is 10.2 Å². The Morgan fingerprint density at radius 1 is 1.14 bits per heavy atom. The van der Waals surface area contributed by atoms with E-state index in [0.717, 1.165) is 30.1 Å². The molecule has 0 bridgehead atoms. The van der Waals surface area contributed by atoms with Crippen LogP contribution in [-0.4, -0.2) is 34.3 Å². The molecule has 2 aromatic heterocycles. The third-order valence-electron chi connectivity index (χ3n) is 4.28. The molecule has 1 amide bonds. The third-order valence-corrected chi connectivity index (χ3v) is 4.28. The van der Waals surface area contributed by atoms with Crippen molar-refractivity contribution in [3.63, 3.8) is 0 Å². The van der Waals surface area contributed by atoms with Gasteiger partial charge in [-0.05, 0) is 36.2 Å². The first kappa shape index (κ1) is 19.5. The number of aromatic nitrogens is 3. The van der Waals surface area contributed by atoms with Gasteiger partial charge in [-0.25, -0.2) is 13.8 Å². The summed E-state index contributed by atoms with van der Waals surface area (Å²) in [6, 6.07) is 9.09. The molecule has 3 aromatic rings. The molecule has 0 aliphatic rings. The monoisotopic (exact) mass is 385 g/mol. The lowest BCUT2D eigenvalue weighted by Crippen LogP contribution is -2.18. The summed E-state index contributed by atoms with van der Waals surface area (Å²) in [5.74, 6) is -0.758. The minimum Gasteiger partial charge on any atom is -0.360 e.